The summed E-state index contributed by atoms with van der Waals surface area (Å²) in [6.07, 6.45) is -0.00961. The minimum atomic E-state index is -3.88. The van der Waals surface area contributed by atoms with Crippen LogP contribution in [0.3, 0.4) is 0 Å². The molecule has 0 bridgehead atoms. The van der Waals surface area contributed by atoms with E-state index in [0.717, 1.165) is 5.56 Å². The van der Waals surface area contributed by atoms with E-state index < -0.39 is 28.1 Å². The topological polar surface area (TPSA) is 114 Å². The average Bonchev–Trinajstić information content (AvgIpc) is 2.83. The predicted octanol–water partition coefficient (Wildman–Crippen LogP) is 1.05. The Labute approximate surface area is 191 Å². The van der Waals surface area contributed by atoms with Gasteiger partial charge in [0, 0.05) is 13.1 Å². The lowest BCUT2D eigenvalue weighted by Crippen LogP contribution is -2.53. The van der Waals surface area contributed by atoms with E-state index in [0.29, 0.717) is 25.2 Å². The minimum absolute atomic E-state index is 0.0728. The van der Waals surface area contributed by atoms with Crippen molar-refractivity contribution in [3.8, 4) is 5.75 Å². The lowest BCUT2D eigenvalue weighted by molar-refractivity contribution is -0.140. The molecule has 11 heteroatoms. The van der Waals surface area contributed by atoms with Crippen molar-refractivity contribution in [3.63, 3.8) is 0 Å². The highest BCUT2D eigenvalue weighted by atomic mass is 32.2. The molecular formula is C22H26FN3O6S. The molecular weight excluding hydrogens is 453 g/mol. The van der Waals surface area contributed by atoms with E-state index in [-0.39, 0.29) is 30.3 Å². The van der Waals surface area contributed by atoms with E-state index >= 15 is 0 Å². The number of amides is 2. The van der Waals surface area contributed by atoms with Crippen molar-refractivity contribution in [1.29, 1.82) is 0 Å². The van der Waals surface area contributed by atoms with E-state index in [9.17, 15) is 22.4 Å². The van der Waals surface area contributed by atoms with E-state index in [1.807, 2.05) is 0 Å². The van der Waals surface area contributed by atoms with Crippen LogP contribution in [0.1, 0.15) is 12.0 Å². The smallest absolute Gasteiger partial charge is 0.309 e. The molecule has 2 aromatic rings. The average molecular weight is 480 g/mol. The highest BCUT2D eigenvalue weighted by Crippen LogP contribution is 2.23. The zero-order chi connectivity index (χ0) is 23.8. The summed E-state index contributed by atoms with van der Waals surface area (Å²) in [6.45, 7) is 0.563. The van der Waals surface area contributed by atoms with Crippen LogP contribution in [0.15, 0.2) is 53.4 Å². The maximum absolute atomic E-state index is 13.1. The molecule has 9 nitrogen and oxygen atoms in total. The fourth-order valence-electron chi connectivity index (χ4n) is 3.30. The number of nitrogens with zero attached hydrogens (tertiary/aromatic N) is 1. The number of ether oxygens (including phenoxy) is 2. The van der Waals surface area contributed by atoms with E-state index in [1.165, 1.54) is 35.7 Å². The lowest BCUT2D eigenvalue weighted by Gasteiger charge is -2.34. The molecule has 3 rings (SSSR count). The summed E-state index contributed by atoms with van der Waals surface area (Å²) in [5, 5.41) is 4.91. The monoisotopic (exact) mass is 479 g/mol. The number of sulfonamides is 1. The van der Waals surface area contributed by atoms with Gasteiger partial charge in [0.15, 0.2) is 0 Å². The Kier molecular flexibility index (Phi) is 8.37. The fraction of sp³-hybridized carbons (Fsp3) is 0.364. The van der Waals surface area contributed by atoms with Gasteiger partial charge in [-0.15, -0.1) is 0 Å². The first-order chi connectivity index (χ1) is 15.8. The molecule has 33 heavy (non-hydrogen) atoms. The molecule has 2 N–H and O–H groups in total. The second-order valence-corrected chi connectivity index (χ2v) is 9.20. The largest absolute Gasteiger partial charge is 0.497 e. The Hall–Kier alpha value is -3.02. The second kappa shape index (κ2) is 11.2. The number of halogens is 1. The highest BCUT2D eigenvalue weighted by Gasteiger charge is 2.35. The van der Waals surface area contributed by atoms with Crippen LogP contribution in [0.25, 0.3) is 0 Å². The molecule has 0 spiro atoms. The molecule has 0 saturated carbocycles. The maximum Gasteiger partial charge on any atom is 0.309 e. The standard InChI is InChI=1S/C22H26FN3O6S/c1-31-18-7-9-19(10-8-18)33(29,30)26-13-2-14-32-20(26)15-25-22(28)21(27)24-12-11-16-3-5-17(23)6-4-16/h3-10,20H,2,11-15H2,1H3,(H,24,27)(H,25,28)/t20-/m0/s1. The second-order valence-electron chi connectivity index (χ2n) is 7.31. The molecule has 1 atom stereocenters. The van der Waals surface area contributed by atoms with Crippen LogP contribution in [0.2, 0.25) is 0 Å². The van der Waals surface area contributed by atoms with Crippen LogP contribution in [0.5, 0.6) is 5.75 Å². The Balaban J connectivity index is 1.53. The van der Waals surface area contributed by atoms with E-state index in [1.54, 1.807) is 24.3 Å². The van der Waals surface area contributed by atoms with Crippen molar-refractivity contribution in [2.24, 2.45) is 0 Å². The molecule has 1 saturated heterocycles. The first-order valence-corrected chi connectivity index (χ1v) is 11.8. The van der Waals surface area contributed by atoms with Gasteiger partial charge in [-0.1, -0.05) is 12.1 Å². The Morgan fingerprint density at radius 1 is 1.09 bits per heavy atom. The molecule has 1 fully saturated rings. The summed E-state index contributed by atoms with van der Waals surface area (Å²) < 4.78 is 50.9. The number of carbonyl (C=O) groups excluding carboxylic acids is 2. The van der Waals surface area contributed by atoms with Gasteiger partial charge in [0.05, 0.1) is 25.2 Å². The molecule has 1 aliphatic rings. The summed E-state index contributed by atoms with van der Waals surface area (Å²) in [5.74, 6) is -1.57. The van der Waals surface area contributed by atoms with Gasteiger partial charge < -0.3 is 20.1 Å². The Morgan fingerprint density at radius 2 is 1.76 bits per heavy atom. The van der Waals surface area contributed by atoms with Gasteiger partial charge in [-0.25, -0.2) is 12.8 Å². The SMILES string of the molecule is COc1ccc(S(=O)(=O)N2CCCO[C@H]2CNC(=O)C(=O)NCCc2ccc(F)cc2)cc1. The van der Waals surface area contributed by atoms with Crippen molar-refractivity contribution in [3.05, 3.63) is 59.9 Å². The van der Waals surface area contributed by atoms with Crippen LogP contribution < -0.4 is 15.4 Å². The first kappa shape index (κ1) is 24.6. The number of hydrogen-bond donors (Lipinski definition) is 2. The first-order valence-electron chi connectivity index (χ1n) is 10.4. The normalized spacial score (nSPS) is 16.7. The molecule has 0 radical (unpaired) electrons. The van der Waals surface area contributed by atoms with E-state index in [2.05, 4.69) is 10.6 Å². The van der Waals surface area contributed by atoms with Gasteiger partial charge in [-0.3, -0.25) is 9.59 Å². The van der Waals surface area contributed by atoms with Crippen molar-refractivity contribution in [2.75, 3.05) is 33.4 Å². The zero-order valence-corrected chi connectivity index (χ0v) is 18.9. The summed E-state index contributed by atoms with van der Waals surface area (Å²) in [6, 6.07) is 11.8. The van der Waals surface area contributed by atoms with Crippen LogP contribution in [0.4, 0.5) is 4.39 Å². The van der Waals surface area contributed by atoms with Gasteiger partial charge in [-0.2, -0.15) is 4.31 Å². The lowest BCUT2D eigenvalue weighted by atomic mass is 10.1. The summed E-state index contributed by atoms with van der Waals surface area (Å²) in [5.41, 5.74) is 0.812. The van der Waals surface area contributed by atoms with Crippen molar-refractivity contribution < 1.29 is 31.9 Å². The third kappa shape index (κ3) is 6.50. The molecule has 2 aromatic carbocycles. The summed E-state index contributed by atoms with van der Waals surface area (Å²) in [7, 11) is -2.39. The van der Waals surface area contributed by atoms with Gasteiger partial charge in [0.1, 0.15) is 17.8 Å². The van der Waals surface area contributed by atoms with Crippen LogP contribution in [-0.4, -0.2) is 64.1 Å². The maximum atomic E-state index is 13.1. The van der Waals surface area contributed by atoms with Gasteiger partial charge in [0.2, 0.25) is 10.0 Å². The minimum Gasteiger partial charge on any atom is -0.497 e. The van der Waals surface area contributed by atoms with Crippen LogP contribution >= 0.6 is 0 Å². The van der Waals surface area contributed by atoms with Crippen molar-refractivity contribution in [1.82, 2.24) is 14.9 Å². The zero-order valence-electron chi connectivity index (χ0n) is 18.1. The van der Waals surface area contributed by atoms with Crippen molar-refractivity contribution in [2.45, 2.75) is 24.0 Å². The molecule has 1 aliphatic heterocycles. The third-order valence-electron chi connectivity index (χ3n) is 5.08. The van der Waals surface area contributed by atoms with E-state index in [4.69, 9.17) is 9.47 Å². The van der Waals surface area contributed by atoms with Gasteiger partial charge in [-0.05, 0) is 54.8 Å². The quantitative estimate of drug-likeness (QED) is 0.547. The highest BCUT2D eigenvalue weighted by molar-refractivity contribution is 7.89. The molecule has 0 aromatic heterocycles. The van der Waals surface area contributed by atoms with Crippen LogP contribution in [-0.2, 0) is 30.8 Å². The fourth-order valence-corrected chi connectivity index (χ4v) is 4.86. The van der Waals surface area contributed by atoms with Gasteiger partial charge >= 0.3 is 11.8 Å². The molecule has 1 heterocycles. The number of carbonyl (C=O) groups is 2. The number of hydrogen-bond acceptors (Lipinski definition) is 6. The number of methoxy groups -OCH3 is 1. The summed E-state index contributed by atoms with van der Waals surface area (Å²) in [4.78, 5) is 24.3. The number of rotatable bonds is 8. The predicted molar refractivity (Wildman–Crippen MR) is 117 cm³/mol. The molecule has 2 amide bonds. The van der Waals surface area contributed by atoms with Gasteiger partial charge in [0.25, 0.3) is 0 Å². The number of benzene rings is 2. The summed E-state index contributed by atoms with van der Waals surface area (Å²) >= 11 is 0. The third-order valence-corrected chi connectivity index (χ3v) is 6.98. The Bertz CT molecular complexity index is 1060. The van der Waals surface area contributed by atoms with Crippen LogP contribution in [0, 0.1) is 5.82 Å². The Morgan fingerprint density at radius 3 is 2.42 bits per heavy atom. The molecule has 178 valence electrons. The molecule has 0 aliphatic carbocycles. The number of nitrogens with one attached hydrogen (secondary N) is 2. The molecule has 0 unspecified atom stereocenters. The van der Waals surface area contributed by atoms with Crippen molar-refractivity contribution >= 4 is 21.8 Å².